The number of nitrogens with zero attached hydrogens (tertiary/aromatic N) is 3. The summed E-state index contributed by atoms with van der Waals surface area (Å²) in [5.74, 6) is 0.925. The summed E-state index contributed by atoms with van der Waals surface area (Å²) in [6.07, 6.45) is 5.36. The largest absolute Gasteiger partial charge is 0.304 e. The van der Waals surface area contributed by atoms with Crippen LogP contribution in [0, 0.1) is 0 Å². The van der Waals surface area contributed by atoms with Crippen molar-refractivity contribution in [1.29, 1.82) is 0 Å². The predicted octanol–water partition coefficient (Wildman–Crippen LogP) is 4.72. The van der Waals surface area contributed by atoms with Gasteiger partial charge in [-0.05, 0) is 55.3 Å². The number of alkyl halides is 1. The monoisotopic (exact) mass is 317 g/mol. The van der Waals surface area contributed by atoms with Crippen molar-refractivity contribution in [3.8, 4) is 0 Å². The van der Waals surface area contributed by atoms with Gasteiger partial charge in [0.2, 0.25) is 0 Å². The van der Waals surface area contributed by atoms with Gasteiger partial charge >= 0.3 is 0 Å². The molecular weight excluding hydrogens is 302 g/mol. The Labute approximate surface area is 132 Å². The normalized spacial score (nSPS) is 19.6. The number of pyridine rings is 1. The fourth-order valence-corrected chi connectivity index (χ4v) is 4.40. The molecule has 3 aromatic rings. The Morgan fingerprint density at radius 3 is 3.19 bits per heavy atom. The number of hydrogen-bond donors (Lipinski definition) is 0. The highest BCUT2D eigenvalue weighted by Crippen LogP contribution is 2.39. The van der Waals surface area contributed by atoms with Gasteiger partial charge < -0.3 is 4.57 Å². The summed E-state index contributed by atoms with van der Waals surface area (Å²) in [5, 5.41) is 2.07. The molecule has 3 heterocycles. The van der Waals surface area contributed by atoms with Gasteiger partial charge in [0, 0.05) is 11.1 Å². The van der Waals surface area contributed by atoms with Crippen LogP contribution < -0.4 is 0 Å². The first-order chi connectivity index (χ1) is 10.3. The Kier molecular flexibility index (Phi) is 3.23. The number of rotatable bonds is 2. The van der Waals surface area contributed by atoms with Gasteiger partial charge in [-0.15, -0.1) is 22.9 Å². The molecule has 2 unspecified atom stereocenters. The van der Waals surface area contributed by atoms with E-state index in [1.807, 2.05) is 36.6 Å². The molecule has 3 aromatic heterocycles. The van der Waals surface area contributed by atoms with Gasteiger partial charge in [0.1, 0.15) is 11.3 Å². The van der Waals surface area contributed by atoms with Crippen LogP contribution in [0.3, 0.4) is 0 Å². The van der Waals surface area contributed by atoms with Crippen molar-refractivity contribution in [2.24, 2.45) is 0 Å². The second-order valence-corrected chi connectivity index (χ2v) is 7.16. The fourth-order valence-electron chi connectivity index (χ4n) is 3.27. The zero-order valence-corrected chi connectivity index (χ0v) is 13.4. The van der Waals surface area contributed by atoms with Crippen molar-refractivity contribution in [2.75, 3.05) is 0 Å². The topological polar surface area (TPSA) is 30.7 Å². The third kappa shape index (κ3) is 2.09. The molecule has 0 fully saturated rings. The molecule has 0 spiro atoms. The molecule has 21 heavy (non-hydrogen) atoms. The second kappa shape index (κ2) is 5.11. The van der Waals surface area contributed by atoms with Crippen molar-refractivity contribution in [1.82, 2.24) is 14.5 Å². The molecule has 4 rings (SSSR count). The van der Waals surface area contributed by atoms with E-state index in [2.05, 4.69) is 21.0 Å². The van der Waals surface area contributed by atoms with Gasteiger partial charge in [0.25, 0.3) is 0 Å². The molecule has 0 saturated carbocycles. The van der Waals surface area contributed by atoms with Crippen LogP contribution in [-0.2, 0) is 6.42 Å². The Balaban J connectivity index is 1.97. The molecule has 0 amide bonds. The predicted molar refractivity (Wildman–Crippen MR) is 87.2 cm³/mol. The SMILES string of the molecule is CC(Cl)c1nc2cccnc2n1C1CCCc2sccc21. The summed E-state index contributed by atoms with van der Waals surface area (Å²) in [6.45, 7) is 1.98. The number of thiophene rings is 1. The summed E-state index contributed by atoms with van der Waals surface area (Å²) in [5.41, 5.74) is 3.31. The molecule has 0 saturated heterocycles. The molecule has 2 atom stereocenters. The van der Waals surface area contributed by atoms with Crippen molar-refractivity contribution < 1.29 is 0 Å². The molecule has 1 aliphatic rings. The summed E-state index contributed by atoms with van der Waals surface area (Å²) in [6, 6.07) is 6.51. The van der Waals surface area contributed by atoms with Crippen molar-refractivity contribution in [3.63, 3.8) is 0 Å². The van der Waals surface area contributed by atoms with E-state index in [4.69, 9.17) is 16.6 Å². The van der Waals surface area contributed by atoms with Gasteiger partial charge in [0.15, 0.2) is 5.65 Å². The van der Waals surface area contributed by atoms with E-state index < -0.39 is 0 Å². The molecule has 0 bridgehead atoms. The Bertz CT molecular complexity index is 790. The van der Waals surface area contributed by atoms with E-state index in [1.165, 1.54) is 23.3 Å². The average Bonchev–Trinajstić information content (AvgIpc) is 3.11. The van der Waals surface area contributed by atoms with Crippen LogP contribution in [0.1, 0.15) is 47.4 Å². The van der Waals surface area contributed by atoms with Crippen LogP contribution in [0.25, 0.3) is 11.2 Å². The molecular formula is C16H16ClN3S. The fraction of sp³-hybridized carbons (Fsp3) is 0.375. The maximum absolute atomic E-state index is 6.39. The van der Waals surface area contributed by atoms with E-state index in [0.717, 1.165) is 23.4 Å². The first-order valence-electron chi connectivity index (χ1n) is 7.29. The second-order valence-electron chi connectivity index (χ2n) is 5.51. The van der Waals surface area contributed by atoms with Gasteiger partial charge in [-0.2, -0.15) is 0 Å². The van der Waals surface area contributed by atoms with Gasteiger partial charge in [-0.3, -0.25) is 0 Å². The Morgan fingerprint density at radius 2 is 2.33 bits per heavy atom. The first kappa shape index (κ1) is 13.3. The lowest BCUT2D eigenvalue weighted by Gasteiger charge is -2.26. The van der Waals surface area contributed by atoms with E-state index >= 15 is 0 Å². The lowest BCUT2D eigenvalue weighted by atomic mass is 9.93. The maximum Gasteiger partial charge on any atom is 0.160 e. The standard InChI is InChI=1S/C16H16ClN3S/c1-10(17)15-19-12-4-3-8-18-16(12)20(15)13-5-2-6-14-11(13)7-9-21-14/h3-4,7-10,13H,2,5-6H2,1H3. The highest BCUT2D eigenvalue weighted by Gasteiger charge is 2.28. The highest BCUT2D eigenvalue weighted by atomic mass is 35.5. The van der Waals surface area contributed by atoms with Crippen LogP contribution in [0.4, 0.5) is 0 Å². The lowest BCUT2D eigenvalue weighted by molar-refractivity contribution is 0.487. The summed E-state index contributed by atoms with van der Waals surface area (Å²) < 4.78 is 2.26. The molecule has 0 aromatic carbocycles. The molecule has 5 heteroatoms. The number of halogens is 1. The molecule has 0 aliphatic heterocycles. The average molecular weight is 318 g/mol. The number of aryl methyl sites for hydroxylation is 1. The van der Waals surface area contributed by atoms with E-state index in [1.54, 1.807) is 0 Å². The van der Waals surface area contributed by atoms with Gasteiger partial charge in [-0.25, -0.2) is 9.97 Å². The van der Waals surface area contributed by atoms with Crippen molar-refractivity contribution in [2.45, 2.75) is 37.6 Å². The minimum Gasteiger partial charge on any atom is -0.304 e. The molecule has 0 radical (unpaired) electrons. The van der Waals surface area contributed by atoms with E-state index in [0.29, 0.717) is 6.04 Å². The summed E-state index contributed by atoms with van der Waals surface area (Å²) >= 11 is 8.25. The van der Waals surface area contributed by atoms with Crippen LogP contribution in [0.15, 0.2) is 29.8 Å². The molecule has 0 N–H and O–H groups in total. The molecule has 1 aliphatic carbocycles. The molecule has 108 valence electrons. The Morgan fingerprint density at radius 1 is 1.43 bits per heavy atom. The van der Waals surface area contributed by atoms with Gasteiger partial charge in [-0.1, -0.05) is 0 Å². The number of imidazole rings is 1. The van der Waals surface area contributed by atoms with Crippen LogP contribution in [0.5, 0.6) is 0 Å². The van der Waals surface area contributed by atoms with Crippen LogP contribution in [0.2, 0.25) is 0 Å². The third-order valence-corrected chi connectivity index (χ3v) is 5.36. The minimum atomic E-state index is -0.122. The number of aromatic nitrogens is 3. The van der Waals surface area contributed by atoms with E-state index in [9.17, 15) is 0 Å². The molecule has 3 nitrogen and oxygen atoms in total. The lowest BCUT2D eigenvalue weighted by Crippen LogP contribution is -2.18. The van der Waals surface area contributed by atoms with Crippen LogP contribution >= 0.6 is 22.9 Å². The Hall–Kier alpha value is -1.39. The minimum absolute atomic E-state index is 0.122. The number of fused-ring (bicyclic) bond motifs is 2. The maximum atomic E-state index is 6.39. The third-order valence-electron chi connectivity index (χ3n) is 4.16. The zero-order chi connectivity index (χ0) is 14.4. The van der Waals surface area contributed by atoms with Crippen molar-refractivity contribution in [3.05, 3.63) is 46.0 Å². The van der Waals surface area contributed by atoms with E-state index in [-0.39, 0.29) is 5.38 Å². The summed E-state index contributed by atoms with van der Waals surface area (Å²) in [4.78, 5) is 10.8. The quantitative estimate of drug-likeness (QED) is 0.640. The van der Waals surface area contributed by atoms with Crippen molar-refractivity contribution >= 4 is 34.1 Å². The van der Waals surface area contributed by atoms with Crippen LogP contribution in [-0.4, -0.2) is 14.5 Å². The highest BCUT2D eigenvalue weighted by molar-refractivity contribution is 7.10. The zero-order valence-electron chi connectivity index (χ0n) is 11.8. The first-order valence-corrected chi connectivity index (χ1v) is 8.60. The van der Waals surface area contributed by atoms with Gasteiger partial charge in [0.05, 0.1) is 11.4 Å². The summed E-state index contributed by atoms with van der Waals surface area (Å²) in [7, 11) is 0. The number of hydrogen-bond acceptors (Lipinski definition) is 3. The smallest absolute Gasteiger partial charge is 0.160 e.